The number of nitrogens with one attached hydrogen (secondary N) is 2. The van der Waals surface area contributed by atoms with Crippen LogP contribution in [0.4, 0.5) is 10.1 Å². The SMILES string of the molecule is CC1Oc2ccc(CCNC(=O)Cc3ccc(F)cc3)cc2NC1=O. The molecule has 1 atom stereocenters. The van der Waals surface area contributed by atoms with E-state index in [9.17, 15) is 14.0 Å². The Balaban J connectivity index is 1.50. The Bertz CT molecular complexity index is 790. The van der Waals surface area contributed by atoms with Gasteiger partial charge in [-0.2, -0.15) is 0 Å². The molecule has 1 aliphatic heterocycles. The molecule has 1 heterocycles. The average Bonchev–Trinajstić information content (AvgIpc) is 2.58. The first-order valence-electron chi connectivity index (χ1n) is 8.13. The van der Waals surface area contributed by atoms with Crippen LogP contribution in [0.5, 0.6) is 5.75 Å². The van der Waals surface area contributed by atoms with Crippen LogP contribution < -0.4 is 15.4 Å². The van der Waals surface area contributed by atoms with Gasteiger partial charge in [0.25, 0.3) is 5.91 Å². The van der Waals surface area contributed by atoms with Crippen LogP contribution in [0.15, 0.2) is 42.5 Å². The van der Waals surface area contributed by atoms with E-state index in [4.69, 9.17) is 4.74 Å². The fourth-order valence-corrected chi connectivity index (χ4v) is 2.61. The number of carbonyl (C=O) groups excluding carboxylic acids is 2. The minimum atomic E-state index is -0.496. The summed E-state index contributed by atoms with van der Waals surface area (Å²) in [7, 11) is 0. The van der Waals surface area contributed by atoms with Gasteiger partial charge in [-0.05, 0) is 48.7 Å². The van der Waals surface area contributed by atoms with Crippen LogP contribution in [0.1, 0.15) is 18.1 Å². The molecule has 0 aliphatic carbocycles. The lowest BCUT2D eigenvalue weighted by Crippen LogP contribution is -2.34. The maximum Gasteiger partial charge on any atom is 0.265 e. The normalized spacial score (nSPS) is 15.8. The third kappa shape index (κ3) is 4.35. The largest absolute Gasteiger partial charge is 0.479 e. The first-order chi connectivity index (χ1) is 12.0. The molecule has 130 valence electrons. The van der Waals surface area contributed by atoms with E-state index in [2.05, 4.69) is 10.6 Å². The Morgan fingerprint density at radius 1 is 1.20 bits per heavy atom. The molecule has 0 saturated heterocycles. The number of fused-ring (bicyclic) bond motifs is 1. The fraction of sp³-hybridized carbons (Fsp3) is 0.263. The highest BCUT2D eigenvalue weighted by molar-refractivity contribution is 5.97. The lowest BCUT2D eigenvalue weighted by molar-refractivity contribution is -0.122. The van der Waals surface area contributed by atoms with Crippen LogP contribution in [0, 0.1) is 5.82 Å². The zero-order chi connectivity index (χ0) is 17.8. The number of anilines is 1. The Morgan fingerprint density at radius 2 is 1.92 bits per heavy atom. The van der Waals surface area contributed by atoms with Crippen molar-refractivity contribution in [3.8, 4) is 5.75 Å². The van der Waals surface area contributed by atoms with Crippen LogP contribution in [0.2, 0.25) is 0 Å². The summed E-state index contributed by atoms with van der Waals surface area (Å²) in [6, 6.07) is 11.5. The van der Waals surface area contributed by atoms with Gasteiger partial charge in [0, 0.05) is 6.54 Å². The molecule has 2 N–H and O–H groups in total. The molecule has 1 unspecified atom stereocenters. The summed E-state index contributed by atoms with van der Waals surface area (Å²) in [6.45, 7) is 2.17. The van der Waals surface area contributed by atoms with Crippen molar-refractivity contribution >= 4 is 17.5 Å². The summed E-state index contributed by atoms with van der Waals surface area (Å²) < 4.78 is 18.4. The van der Waals surface area contributed by atoms with Crippen molar-refractivity contribution in [2.45, 2.75) is 25.9 Å². The summed E-state index contributed by atoms with van der Waals surface area (Å²) in [4.78, 5) is 23.6. The molecule has 0 saturated carbocycles. The van der Waals surface area contributed by atoms with Crippen molar-refractivity contribution < 1.29 is 18.7 Å². The van der Waals surface area contributed by atoms with Gasteiger partial charge < -0.3 is 15.4 Å². The van der Waals surface area contributed by atoms with E-state index in [0.717, 1.165) is 11.1 Å². The molecule has 0 radical (unpaired) electrons. The van der Waals surface area contributed by atoms with E-state index < -0.39 is 6.10 Å². The van der Waals surface area contributed by atoms with Gasteiger partial charge >= 0.3 is 0 Å². The van der Waals surface area contributed by atoms with Crippen molar-refractivity contribution in [1.29, 1.82) is 0 Å². The number of benzene rings is 2. The molecule has 25 heavy (non-hydrogen) atoms. The predicted octanol–water partition coefficient (Wildman–Crippen LogP) is 2.45. The smallest absolute Gasteiger partial charge is 0.265 e. The van der Waals surface area contributed by atoms with Crippen LogP contribution in [-0.4, -0.2) is 24.5 Å². The van der Waals surface area contributed by atoms with E-state index in [0.29, 0.717) is 24.4 Å². The lowest BCUT2D eigenvalue weighted by Gasteiger charge is -2.23. The molecule has 0 aromatic heterocycles. The molecule has 3 rings (SSSR count). The lowest BCUT2D eigenvalue weighted by atomic mass is 10.1. The van der Waals surface area contributed by atoms with Crippen LogP contribution in [-0.2, 0) is 22.4 Å². The van der Waals surface area contributed by atoms with E-state index >= 15 is 0 Å². The first kappa shape index (κ1) is 17.0. The number of hydrogen-bond acceptors (Lipinski definition) is 3. The summed E-state index contributed by atoms with van der Waals surface area (Å²) in [5, 5.41) is 5.64. The van der Waals surface area contributed by atoms with Crippen LogP contribution in [0.3, 0.4) is 0 Å². The Labute approximate surface area is 145 Å². The Morgan fingerprint density at radius 3 is 2.68 bits per heavy atom. The van der Waals surface area contributed by atoms with E-state index in [1.54, 1.807) is 19.1 Å². The molecule has 6 heteroatoms. The summed E-state index contributed by atoms with van der Waals surface area (Å²) >= 11 is 0. The molecule has 2 amide bonds. The van der Waals surface area contributed by atoms with Crippen molar-refractivity contribution in [3.05, 3.63) is 59.4 Å². The summed E-state index contributed by atoms with van der Waals surface area (Å²) in [6.07, 6.45) is 0.351. The standard InChI is InChI=1S/C19H19FN2O3/c1-12-19(24)22-16-10-14(4-7-17(16)25-12)8-9-21-18(23)11-13-2-5-15(20)6-3-13/h2-7,10,12H,8-9,11H2,1H3,(H,21,23)(H,22,24). The first-order valence-corrected chi connectivity index (χ1v) is 8.13. The van der Waals surface area contributed by atoms with E-state index in [-0.39, 0.29) is 24.1 Å². The van der Waals surface area contributed by atoms with Gasteiger partial charge in [-0.15, -0.1) is 0 Å². The Hall–Kier alpha value is -2.89. The predicted molar refractivity (Wildman–Crippen MR) is 92.0 cm³/mol. The second-order valence-electron chi connectivity index (χ2n) is 5.98. The fourth-order valence-electron chi connectivity index (χ4n) is 2.61. The monoisotopic (exact) mass is 342 g/mol. The van der Waals surface area contributed by atoms with Gasteiger partial charge in [-0.1, -0.05) is 18.2 Å². The van der Waals surface area contributed by atoms with Crippen molar-refractivity contribution in [1.82, 2.24) is 5.32 Å². The topological polar surface area (TPSA) is 67.4 Å². The molecule has 0 spiro atoms. The average molecular weight is 342 g/mol. The molecule has 0 bridgehead atoms. The summed E-state index contributed by atoms with van der Waals surface area (Å²) in [5.41, 5.74) is 2.40. The van der Waals surface area contributed by atoms with Gasteiger partial charge in [0.2, 0.25) is 5.91 Å². The van der Waals surface area contributed by atoms with Gasteiger partial charge in [0.15, 0.2) is 6.10 Å². The molecule has 1 aliphatic rings. The van der Waals surface area contributed by atoms with E-state index in [1.807, 2.05) is 18.2 Å². The van der Waals surface area contributed by atoms with Gasteiger partial charge in [0.1, 0.15) is 11.6 Å². The molecule has 2 aromatic rings. The zero-order valence-electron chi connectivity index (χ0n) is 13.8. The quantitative estimate of drug-likeness (QED) is 0.877. The molecule has 2 aromatic carbocycles. The van der Waals surface area contributed by atoms with Gasteiger partial charge in [-0.3, -0.25) is 9.59 Å². The number of ether oxygens (including phenoxy) is 1. The maximum absolute atomic E-state index is 12.8. The highest BCUT2D eigenvalue weighted by Gasteiger charge is 2.23. The van der Waals surface area contributed by atoms with Crippen LogP contribution >= 0.6 is 0 Å². The number of amides is 2. The highest BCUT2D eigenvalue weighted by atomic mass is 19.1. The van der Waals surface area contributed by atoms with Crippen molar-refractivity contribution in [2.24, 2.45) is 0 Å². The molecule has 0 fully saturated rings. The van der Waals surface area contributed by atoms with Gasteiger partial charge in [-0.25, -0.2) is 4.39 Å². The minimum absolute atomic E-state index is 0.116. The highest BCUT2D eigenvalue weighted by Crippen LogP contribution is 2.30. The van der Waals surface area contributed by atoms with Gasteiger partial charge in [0.05, 0.1) is 12.1 Å². The van der Waals surface area contributed by atoms with Crippen molar-refractivity contribution in [2.75, 3.05) is 11.9 Å². The molecule has 5 nitrogen and oxygen atoms in total. The molecular weight excluding hydrogens is 323 g/mol. The second-order valence-corrected chi connectivity index (χ2v) is 5.98. The zero-order valence-corrected chi connectivity index (χ0v) is 13.8. The van der Waals surface area contributed by atoms with Crippen molar-refractivity contribution in [3.63, 3.8) is 0 Å². The number of halogens is 1. The minimum Gasteiger partial charge on any atom is -0.479 e. The summed E-state index contributed by atoms with van der Waals surface area (Å²) in [5.74, 6) is 0.0468. The number of rotatable bonds is 5. The second kappa shape index (κ2) is 7.34. The molecular formula is C19H19FN2O3. The Kier molecular flexibility index (Phi) is 4.97. The van der Waals surface area contributed by atoms with Crippen LogP contribution in [0.25, 0.3) is 0 Å². The maximum atomic E-state index is 12.8. The third-order valence-corrected chi connectivity index (χ3v) is 3.99. The number of hydrogen-bond donors (Lipinski definition) is 2. The third-order valence-electron chi connectivity index (χ3n) is 3.99. The van der Waals surface area contributed by atoms with E-state index in [1.165, 1.54) is 12.1 Å². The number of carbonyl (C=O) groups is 2.